The first kappa shape index (κ1) is 22.7. The average molecular weight is 371 g/mol. The molecule has 0 aliphatic carbocycles. The first-order valence-corrected chi connectivity index (χ1v) is 12.2. The molecule has 0 spiro atoms. The predicted molar refractivity (Wildman–Crippen MR) is 119 cm³/mol. The lowest BCUT2D eigenvalue weighted by atomic mass is 10.1. The van der Waals surface area contributed by atoms with Crippen molar-refractivity contribution < 1.29 is 4.80 Å². The van der Waals surface area contributed by atoms with Gasteiger partial charge >= 0.3 is 0 Å². The number of hydrogen-bond donors (Lipinski definition) is 1. The monoisotopic (exact) mass is 370 g/mol. The van der Waals surface area contributed by atoms with Gasteiger partial charge in [-0.15, -0.1) is 0 Å². The zero-order valence-electron chi connectivity index (χ0n) is 17.5. The van der Waals surface area contributed by atoms with Crippen LogP contribution in [0.25, 0.3) is 0 Å². The van der Waals surface area contributed by atoms with Gasteiger partial charge in [0.15, 0.2) is 0 Å². The van der Waals surface area contributed by atoms with Crippen LogP contribution < -0.4 is 10.4 Å². The normalized spacial score (nSPS) is 11.6. The fourth-order valence-electron chi connectivity index (χ4n) is 3.24. The minimum atomic E-state index is -2.70. The summed E-state index contributed by atoms with van der Waals surface area (Å²) in [4.78, 5) is 11.4. The molecule has 2 heteroatoms. The van der Waals surface area contributed by atoms with Crippen LogP contribution in [-0.4, -0.2) is 13.1 Å². The summed E-state index contributed by atoms with van der Waals surface area (Å²) in [7, 11) is -2.70. The highest BCUT2D eigenvalue weighted by atomic mass is 28.4. The van der Waals surface area contributed by atoms with Gasteiger partial charge in [-0.05, 0) is 15.4 Å². The Morgan fingerprint density at radius 2 is 1.00 bits per heavy atom. The number of hydrogen-bond acceptors (Lipinski definition) is 1. The lowest BCUT2D eigenvalue weighted by Crippen LogP contribution is -2.64. The Balaban J connectivity index is 0.000000359. The summed E-state index contributed by atoms with van der Waals surface area (Å²) in [5, 5.41) is 2.00. The summed E-state index contributed by atoms with van der Waals surface area (Å²) in [6.45, 7) is 10.9. The van der Waals surface area contributed by atoms with Gasteiger partial charge in [0.25, 0.3) is 8.32 Å². The van der Waals surface area contributed by atoms with E-state index in [-0.39, 0.29) is 5.04 Å². The standard InChI is InChI=1S/C16H20OSi.C8H18/c1-16(2,3)18(17,14-10-6-4-7-11-14)15-12-8-5-9-13-15;1-3-5-7-8-6-4-2/h4-13,17H,1-3H3;3-8H2,1-2H3. The Kier molecular flexibility index (Phi) is 9.90. The summed E-state index contributed by atoms with van der Waals surface area (Å²) < 4.78 is 0. The Morgan fingerprint density at radius 1 is 0.654 bits per heavy atom. The molecule has 0 aliphatic heterocycles. The van der Waals surface area contributed by atoms with E-state index < -0.39 is 8.32 Å². The average Bonchev–Trinajstić information content (AvgIpc) is 2.66. The van der Waals surface area contributed by atoms with E-state index >= 15 is 0 Å². The van der Waals surface area contributed by atoms with Crippen LogP contribution in [0.4, 0.5) is 0 Å². The fourth-order valence-corrected chi connectivity index (χ4v) is 6.66. The van der Waals surface area contributed by atoms with Gasteiger partial charge in [-0.3, -0.25) is 0 Å². The van der Waals surface area contributed by atoms with Crippen molar-refractivity contribution in [1.82, 2.24) is 0 Å². The van der Waals surface area contributed by atoms with Crippen LogP contribution in [-0.2, 0) is 0 Å². The molecule has 0 saturated heterocycles. The molecule has 26 heavy (non-hydrogen) atoms. The molecule has 0 heterocycles. The van der Waals surface area contributed by atoms with Gasteiger partial charge < -0.3 is 4.80 Å². The van der Waals surface area contributed by atoms with Crippen molar-refractivity contribution in [3.63, 3.8) is 0 Å². The third kappa shape index (κ3) is 6.41. The van der Waals surface area contributed by atoms with E-state index in [9.17, 15) is 4.80 Å². The Hall–Kier alpha value is -1.38. The Labute approximate surface area is 162 Å². The second-order valence-corrected chi connectivity index (χ2v) is 12.2. The zero-order valence-corrected chi connectivity index (χ0v) is 18.5. The predicted octanol–water partition coefficient (Wildman–Crippen LogP) is 5.91. The second kappa shape index (κ2) is 11.4. The van der Waals surface area contributed by atoms with Crippen molar-refractivity contribution in [1.29, 1.82) is 0 Å². The van der Waals surface area contributed by atoms with Gasteiger partial charge in [-0.2, -0.15) is 0 Å². The summed E-state index contributed by atoms with van der Waals surface area (Å²) in [6, 6.07) is 20.2. The summed E-state index contributed by atoms with van der Waals surface area (Å²) >= 11 is 0. The minimum Gasteiger partial charge on any atom is -0.424 e. The maximum absolute atomic E-state index is 11.4. The molecule has 0 aliphatic rings. The van der Waals surface area contributed by atoms with Crippen molar-refractivity contribution in [2.24, 2.45) is 0 Å². The van der Waals surface area contributed by atoms with E-state index in [2.05, 4.69) is 34.6 Å². The number of unbranched alkanes of at least 4 members (excludes halogenated alkanes) is 5. The van der Waals surface area contributed by atoms with Crippen LogP contribution in [0, 0.1) is 0 Å². The van der Waals surface area contributed by atoms with E-state index in [1.165, 1.54) is 38.5 Å². The topological polar surface area (TPSA) is 20.2 Å². The third-order valence-corrected chi connectivity index (χ3v) is 9.43. The van der Waals surface area contributed by atoms with Crippen molar-refractivity contribution in [3.05, 3.63) is 60.7 Å². The quantitative estimate of drug-likeness (QED) is 0.475. The van der Waals surface area contributed by atoms with E-state index in [1.54, 1.807) is 0 Å². The zero-order chi connectivity index (χ0) is 19.5. The molecule has 0 bridgehead atoms. The molecule has 2 aromatic carbocycles. The molecule has 0 unspecified atom stereocenters. The number of rotatable bonds is 7. The van der Waals surface area contributed by atoms with Crippen LogP contribution >= 0.6 is 0 Å². The lowest BCUT2D eigenvalue weighted by molar-refractivity contribution is 0.505. The first-order chi connectivity index (χ1) is 12.4. The molecule has 0 atom stereocenters. The van der Waals surface area contributed by atoms with Crippen LogP contribution in [0.1, 0.15) is 73.1 Å². The largest absolute Gasteiger partial charge is 0.424 e. The molecule has 0 saturated carbocycles. The Morgan fingerprint density at radius 3 is 1.27 bits per heavy atom. The molecule has 0 amide bonds. The molecule has 0 aromatic heterocycles. The highest BCUT2D eigenvalue weighted by Gasteiger charge is 2.46. The Bertz CT molecular complexity index is 541. The van der Waals surface area contributed by atoms with Gasteiger partial charge in [-0.1, -0.05) is 134 Å². The van der Waals surface area contributed by atoms with Crippen LogP contribution in [0.2, 0.25) is 5.04 Å². The molecule has 2 rings (SSSR count). The van der Waals surface area contributed by atoms with Crippen molar-refractivity contribution in [2.75, 3.05) is 0 Å². The van der Waals surface area contributed by atoms with E-state index in [0.717, 1.165) is 10.4 Å². The van der Waals surface area contributed by atoms with E-state index in [1.807, 2.05) is 60.7 Å². The first-order valence-electron chi connectivity index (χ1n) is 10.2. The SMILES string of the molecule is CC(C)(C)[Si](O)(c1ccccc1)c1ccccc1.CCCCCCCC. The molecule has 1 nitrogen and oxygen atoms in total. The molecule has 1 N–H and O–H groups in total. The van der Waals surface area contributed by atoms with E-state index in [4.69, 9.17) is 0 Å². The van der Waals surface area contributed by atoms with Gasteiger partial charge in [0.05, 0.1) is 0 Å². The molecular weight excluding hydrogens is 332 g/mol. The molecular formula is C24H38OSi. The summed E-state index contributed by atoms with van der Waals surface area (Å²) in [5.74, 6) is 0. The molecule has 144 valence electrons. The van der Waals surface area contributed by atoms with Crippen molar-refractivity contribution >= 4 is 18.7 Å². The maximum Gasteiger partial charge on any atom is 0.258 e. The van der Waals surface area contributed by atoms with Crippen molar-refractivity contribution in [2.45, 2.75) is 78.2 Å². The smallest absolute Gasteiger partial charge is 0.258 e. The third-order valence-electron chi connectivity index (χ3n) is 4.93. The highest BCUT2D eigenvalue weighted by Crippen LogP contribution is 2.33. The summed E-state index contributed by atoms with van der Waals surface area (Å²) in [6.07, 6.45) is 8.49. The van der Waals surface area contributed by atoms with E-state index in [0.29, 0.717) is 0 Å². The molecule has 0 fully saturated rings. The van der Waals surface area contributed by atoms with Crippen LogP contribution in [0.15, 0.2) is 60.7 Å². The van der Waals surface area contributed by atoms with Crippen LogP contribution in [0.3, 0.4) is 0 Å². The van der Waals surface area contributed by atoms with Crippen molar-refractivity contribution in [3.8, 4) is 0 Å². The summed E-state index contributed by atoms with van der Waals surface area (Å²) in [5.41, 5.74) is 0. The molecule has 2 aromatic rings. The fraction of sp³-hybridized carbons (Fsp3) is 0.500. The van der Waals surface area contributed by atoms with Gasteiger partial charge in [-0.25, -0.2) is 0 Å². The van der Waals surface area contributed by atoms with Gasteiger partial charge in [0, 0.05) is 0 Å². The second-order valence-electron chi connectivity index (χ2n) is 8.11. The lowest BCUT2D eigenvalue weighted by Gasteiger charge is -2.38. The van der Waals surface area contributed by atoms with Gasteiger partial charge in [0.2, 0.25) is 0 Å². The number of benzene rings is 2. The van der Waals surface area contributed by atoms with Crippen LogP contribution in [0.5, 0.6) is 0 Å². The minimum absolute atomic E-state index is 0.143. The maximum atomic E-state index is 11.4. The molecule has 0 radical (unpaired) electrons. The highest BCUT2D eigenvalue weighted by molar-refractivity contribution is 6.98. The van der Waals surface area contributed by atoms with Gasteiger partial charge in [0.1, 0.15) is 0 Å².